The number of amides is 2. The highest BCUT2D eigenvalue weighted by Crippen LogP contribution is 2.33. The van der Waals surface area contributed by atoms with Crippen LogP contribution in [0.5, 0.6) is 5.75 Å². The van der Waals surface area contributed by atoms with Crippen molar-refractivity contribution in [1.29, 1.82) is 0 Å². The van der Waals surface area contributed by atoms with Crippen LogP contribution in [0.1, 0.15) is 32.8 Å². The standard InChI is InChI=1S/C21H18F3N3O3S/c22-21(23,24)15-6-1-5-14(10-15)20-27-17(12-31-20)19(30)26-9-3-8-25-18(29)13-4-2-7-16(28)11-13/h1-2,4-7,10-12,28H,3,8-9H2,(H,25,29)(H,26,30). The van der Waals surface area contributed by atoms with Gasteiger partial charge < -0.3 is 15.7 Å². The molecule has 2 amide bonds. The van der Waals surface area contributed by atoms with Gasteiger partial charge in [-0.25, -0.2) is 4.98 Å². The highest BCUT2D eigenvalue weighted by atomic mass is 32.1. The van der Waals surface area contributed by atoms with Crippen molar-refractivity contribution in [2.75, 3.05) is 13.1 Å². The van der Waals surface area contributed by atoms with E-state index in [4.69, 9.17) is 0 Å². The van der Waals surface area contributed by atoms with Gasteiger partial charge in [-0.2, -0.15) is 13.2 Å². The number of aromatic nitrogens is 1. The maximum Gasteiger partial charge on any atom is 0.416 e. The monoisotopic (exact) mass is 449 g/mol. The zero-order valence-electron chi connectivity index (χ0n) is 16.1. The van der Waals surface area contributed by atoms with Gasteiger partial charge >= 0.3 is 6.18 Å². The summed E-state index contributed by atoms with van der Waals surface area (Å²) in [6.45, 7) is 0.580. The summed E-state index contributed by atoms with van der Waals surface area (Å²) < 4.78 is 38.6. The average molecular weight is 449 g/mol. The molecule has 6 nitrogen and oxygen atoms in total. The lowest BCUT2D eigenvalue weighted by molar-refractivity contribution is -0.137. The molecule has 1 heterocycles. The van der Waals surface area contributed by atoms with Crippen molar-refractivity contribution in [2.24, 2.45) is 0 Å². The third-order valence-corrected chi connectivity index (χ3v) is 5.10. The van der Waals surface area contributed by atoms with Crippen molar-refractivity contribution in [1.82, 2.24) is 15.6 Å². The van der Waals surface area contributed by atoms with Crippen LogP contribution in [0.15, 0.2) is 53.9 Å². The Balaban J connectivity index is 1.48. The van der Waals surface area contributed by atoms with E-state index in [0.717, 1.165) is 23.5 Å². The zero-order chi connectivity index (χ0) is 22.4. The first kappa shape index (κ1) is 22.3. The number of phenols is 1. The number of carbonyl (C=O) groups excluding carboxylic acids is 2. The molecule has 162 valence electrons. The van der Waals surface area contributed by atoms with E-state index in [1.54, 1.807) is 12.1 Å². The van der Waals surface area contributed by atoms with Gasteiger partial charge in [-0.1, -0.05) is 18.2 Å². The molecule has 1 aromatic heterocycles. The Labute approximate surface area is 179 Å². The van der Waals surface area contributed by atoms with Crippen molar-refractivity contribution in [2.45, 2.75) is 12.6 Å². The number of thiazole rings is 1. The second-order valence-electron chi connectivity index (χ2n) is 6.53. The van der Waals surface area contributed by atoms with Crippen molar-refractivity contribution in [3.63, 3.8) is 0 Å². The summed E-state index contributed by atoms with van der Waals surface area (Å²) >= 11 is 1.08. The Kier molecular flexibility index (Phi) is 6.91. The number of aromatic hydroxyl groups is 1. The predicted octanol–water partition coefficient (Wildman–Crippen LogP) is 4.08. The Morgan fingerprint density at radius 1 is 1.00 bits per heavy atom. The molecule has 3 rings (SSSR count). The summed E-state index contributed by atoms with van der Waals surface area (Å²) in [5.41, 5.74) is -0.0534. The highest BCUT2D eigenvalue weighted by Gasteiger charge is 2.30. The molecule has 0 bridgehead atoms. The maximum atomic E-state index is 12.9. The molecule has 31 heavy (non-hydrogen) atoms. The van der Waals surface area contributed by atoms with Gasteiger partial charge in [-0.05, 0) is 36.8 Å². The zero-order valence-corrected chi connectivity index (χ0v) is 16.9. The normalized spacial score (nSPS) is 11.2. The summed E-state index contributed by atoms with van der Waals surface area (Å²) in [7, 11) is 0. The SMILES string of the molecule is O=C(NCCCNC(=O)c1csc(-c2cccc(C(F)(F)F)c2)n1)c1cccc(O)c1. The Morgan fingerprint density at radius 2 is 1.71 bits per heavy atom. The average Bonchev–Trinajstić information content (AvgIpc) is 3.23. The van der Waals surface area contributed by atoms with Crippen LogP contribution in [-0.4, -0.2) is 35.0 Å². The number of nitrogens with one attached hydrogen (secondary N) is 2. The first-order valence-corrected chi connectivity index (χ1v) is 10.1. The second kappa shape index (κ2) is 9.61. The molecule has 0 aliphatic rings. The number of hydrogen-bond acceptors (Lipinski definition) is 5. The number of rotatable bonds is 7. The van der Waals surface area contributed by atoms with Gasteiger partial charge in [0.2, 0.25) is 0 Å². The van der Waals surface area contributed by atoms with Crippen molar-refractivity contribution in [3.05, 3.63) is 70.7 Å². The molecule has 3 aromatic rings. The fourth-order valence-corrected chi connectivity index (χ4v) is 3.47. The number of carbonyl (C=O) groups is 2. The number of hydrogen-bond donors (Lipinski definition) is 3. The quantitative estimate of drug-likeness (QED) is 0.474. The van der Waals surface area contributed by atoms with Crippen LogP contribution in [0.4, 0.5) is 13.2 Å². The lowest BCUT2D eigenvalue weighted by Gasteiger charge is -2.07. The van der Waals surface area contributed by atoms with Gasteiger partial charge in [0.1, 0.15) is 16.5 Å². The fraction of sp³-hybridized carbons (Fsp3) is 0.190. The third kappa shape index (κ3) is 6.05. The lowest BCUT2D eigenvalue weighted by atomic mass is 10.1. The van der Waals surface area contributed by atoms with E-state index >= 15 is 0 Å². The number of alkyl halides is 3. The molecular formula is C21H18F3N3O3S. The van der Waals surface area contributed by atoms with Gasteiger partial charge in [-0.3, -0.25) is 9.59 Å². The minimum Gasteiger partial charge on any atom is -0.508 e. The van der Waals surface area contributed by atoms with E-state index in [1.807, 2.05) is 0 Å². The minimum atomic E-state index is -4.45. The van der Waals surface area contributed by atoms with Gasteiger partial charge in [0.05, 0.1) is 5.56 Å². The van der Waals surface area contributed by atoms with Crippen LogP contribution in [0, 0.1) is 0 Å². The summed E-state index contributed by atoms with van der Waals surface area (Å²) in [4.78, 5) is 28.3. The molecule has 10 heteroatoms. The summed E-state index contributed by atoms with van der Waals surface area (Å²) in [5, 5.41) is 16.5. The molecule has 2 aromatic carbocycles. The predicted molar refractivity (Wildman–Crippen MR) is 110 cm³/mol. The van der Waals surface area contributed by atoms with Gasteiger partial charge in [0.15, 0.2) is 0 Å². The van der Waals surface area contributed by atoms with E-state index in [9.17, 15) is 27.9 Å². The van der Waals surface area contributed by atoms with E-state index in [2.05, 4.69) is 15.6 Å². The number of halogens is 3. The van der Waals surface area contributed by atoms with Crippen LogP contribution >= 0.6 is 11.3 Å². The van der Waals surface area contributed by atoms with Crippen molar-refractivity contribution >= 4 is 23.2 Å². The first-order chi connectivity index (χ1) is 14.7. The molecule has 0 unspecified atom stereocenters. The van der Waals surface area contributed by atoms with Gasteiger partial charge in [0.25, 0.3) is 11.8 Å². The molecular weight excluding hydrogens is 431 g/mol. The summed E-state index contributed by atoms with van der Waals surface area (Å²) in [5.74, 6) is -0.797. The molecule has 0 spiro atoms. The van der Waals surface area contributed by atoms with E-state index in [0.29, 0.717) is 23.5 Å². The van der Waals surface area contributed by atoms with Gasteiger partial charge in [0, 0.05) is 29.6 Å². The van der Waals surface area contributed by atoms with Crippen LogP contribution < -0.4 is 10.6 Å². The van der Waals surface area contributed by atoms with Gasteiger partial charge in [-0.15, -0.1) is 11.3 Å². The van der Waals surface area contributed by atoms with Crippen LogP contribution in [0.3, 0.4) is 0 Å². The number of benzene rings is 2. The molecule has 0 atom stereocenters. The van der Waals surface area contributed by atoms with Crippen LogP contribution in [-0.2, 0) is 6.18 Å². The maximum absolute atomic E-state index is 12.9. The van der Waals surface area contributed by atoms with E-state index in [1.165, 1.54) is 29.6 Å². The van der Waals surface area contributed by atoms with Crippen LogP contribution in [0.25, 0.3) is 10.6 Å². The molecule has 0 fully saturated rings. The molecule has 0 aliphatic heterocycles. The largest absolute Gasteiger partial charge is 0.508 e. The third-order valence-electron chi connectivity index (χ3n) is 4.21. The minimum absolute atomic E-state index is 0.00678. The smallest absolute Gasteiger partial charge is 0.416 e. The highest BCUT2D eigenvalue weighted by molar-refractivity contribution is 7.13. The van der Waals surface area contributed by atoms with Crippen molar-refractivity contribution < 1.29 is 27.9 Å². The first-order valence-electron chi connectivity index (χ1n) is 9.22. The Bertz CT molecular complexity index is 1080. The molecule has 0 saturated carbocycles. The Morgan fingerprint density at radius 3 is 2.42 bits per heavy atom. The van der Waals surface area contributed by atoms with Crippen molar-refractivity contribution in [3.8, 4) is 16.3 Å². The lowest BCUT2D eigenvalue weighted by Crippen LogP contribution is -2.30. The number of phenolic OH excluding ortho intramolecular Hbond substituents is 1. The second-order valence-corrected chi connectivity index (χ2v) is 7.39. The Hall–Kier alpha value is -3.40. The molecule has 0 aliphatic carbocycles. The fourth-order valence-electron chi connectivity index (χ4n) is 2.67. The summed E-state index contributed by atoms with van der Waals surface area (Å²) in [6, 6.07) is 10.7. The molecule has 3 N–H and O–H groups in total. The number of nitrogens with zero attached hydrogens (tertiary/aromatic N) is 1. The molecule has 0 radical (unpaired) electrons. The van der Waals surface area contributed by atoms with E-state index in [-0.39, 0.29) is 29.5 Å². The van der Waals surface area contributed by atoms with E-state index < -0.39 is 17.6 Å². The van der Waals surface area contributed by atoms with Crippen LogP contribution in [0.2, 0.25) is 0 Å². The summed E-state index contributed by atoms with van der Waals surface area (Å²) in [6.07, 6.45) is -4.00. The molecule has 0 saturated heterocycles. The topological polar surface area (TPSA) is 91.3 Å².